The largest absolute Gasteiger partial charge is 0.546 e. The summed E-state index contributed by atoms with van der Waals surface area (Å²) in [5.74, 6) is 2.14. The van der Waals surface area contributed by atoms with Crippen LogP contribution in [0.4, 0.5) is 0 Å². The first-order valence-electron chi connectivity index (χ1n) is 15.7. The molecule has 2 atom stereocenters. The van der Waals surface area contributed by atoms with Crippen molar-refractivity contribution < 1.29 is 9.53 Å². The van der Waals surface area contributed by atoms with Crippen LogP contribution in [0.1, 0.15) is 139 Å². The van der Waals surface area contributed by atoms with Crippen LogP contribution < -0.4 is 0 Å². The molecule has 0 saturated carbocycles. The van der Waals surface area contributed by atoms with Crippen LogP contribution in [0.3, 0.4) is 0 Å². The Kier molecular flexibility index (Phi) is 8.84. The molecule has 0 bridgehead atoms. The van der Waals surface area contributed by atoms with Gasteiger partial charge < -0.3 is 9.53 Å². The van der Waals surface area contributed by atoms with E-state index in [0.29, 0.717) is 5.92 Å². The van der Waals surface area contributed by atoms with Gasteiger partial charge >= 0.3 is 0 Å². The number of aliphatic hydroxyl groups is 1. The Labute approximate surface area is 246 Å². The minimum atomic E-state index is -2.01. The van der Waals surface area contributed by atoms with Gasteiger partial charge in [0.1, 0.15) is 6.10 Å². The fraction of sp³-hybridized carbons (Fsp3) is 0.639. The maximum Gasteiger partial charge on any atom is 0.250 e. The number of fused-ring (bicyclic) bond motifs is 1. The van der Waals surface area contributed by atoms with Crippen LogP contribution in [0.5, 0.6) is 0 Å². The fourth-order valence-corrected chi connectivity index (χ4v) is 7.40. The lowest BCUT2D eigenvalue weighted by molar-refractivity contribution is 0.214. The second-order valence-corrected chi connectivity index (χ2v) is 20.3. The second-order valence-electron chi connectivity index (χ2n) is 15.6. The molecular formula is C36H55NO2Si. The van der Waals surface area contributed by atoms with E-state index in [1.807, 2.05) is 0 Å². The number of hydrogen-bond donors (Lipinski definition) is 1. The summed E-state index contributed by atoms with van der Waals surface area (Å²) in [6, 6.07) is 8.67. The third kappa shape index (κ3) is 6.44. The Bertz CT molecular complexity index is 1230. The van der Waals surface area contributed by atoms with Crippen molar-refractivity contribution in [2.75, 3.05) is 0 Å². The molecule has 0 amide bonds. The zero-order chi connectivity index (χ0) is 29.6. The molecule has 1 N–H and O–H groups in total. The van der Waals surface area contributed by atoms with Crippen LogP contribution in [-0.4, -0.2) is 18.4 Å². The number of rotatable bonds is 8. The number of allylic oxidation sites excluding steroid dienone is 2. The molecule has 2 aliphatic rings. The minimum absolute atomic E-state index is 0.131. The van der Waals surface area contributed by atoms with Crippen molar-refractivity contribution in [2.45, 2.75) is 137 Å². The Hall–Kier alpha value is -1.91. The van der Waals surface area contributed by atoms with Crippen molar-refractivity contribution >= 4 is 8.32 Å². The number of nitrogens with zero attached hydrogens (tertiary/aromatic N) is 1. The number of aromatic nitrogens is 1. The molecule has 4 heteroatoms. The zero-order valence-corrected chi connectivity index (χ0v) is 28.2. The molecular weight excluding hydrogens is 506 g/mol. The zero-order valence-electron chi connectivity index (χ0n) is 27.2. The minimum Gasteiger partial charge on any atom is -0.546 e. The summed E-state index contributed by atoms with van der Waals surface area (Å²) in [5.41, 5.74) is 8.58. The first kappa shape index (κ1) is 31.0. The normalized spacial score (nSPS) is 20.1. The predicted molar refractivity (Wildman–Crippen MR) is 172 cm³/mol. The molecule has 1 aromatic carbocycles. The summed E-state index contributed by atoms with van der Waals surface area (Å²) in [4.78, 5) is 5.37. The molecule has 0 aliphatic heterocycles. The van der Waals surface area contributed by atoms with E-state index in [-0.39, 0.29) is 22.3 Å². The van der Waals surface area contributed by atoms with Gasteiger partial charge in [-0.3, -0.25) is 4.98 Å². The smallest absolute Gasteiger partial charge is 0.250 e. The maximum absolute atomic E-state index is 12.2. The monoisotopic (exact) mass is 561 g/mol. The van der Waals surface area contributed by atoms with Crippen molar-refractivity contribution in [3.8, 4) is 0 Å². The summed E-state index contributed by atoms with van der Waals surface area (Å²) < 4.78 is 7.05. The summed E-state index contributed by atoms with van der Waals surface area (Å²) >= 11 is 0. The number of hydrogen-bond acceptors (Lipinski definition) is 3. The van der Waals surface area contributed by atoms with E-state index < -0.39 is 14.4 Å². The molecule has 1 aromatic heterocycles. The highest BCUT2D eigenvalue weighted by molar-refractivity contribution is 6.74. The predicted octanol–water partition coefficient (Wildman–Crippen LogP) is 9.78. The van der Waals surface area contributed by atoms with Crippen molar-refractivity contribution in [3.05, 3.63) is 75.3 Å². The molecule has 0 saturated heterocycles. The lowest BCUT2D eigenvalue weighted by atomic mass is 9.71. The van der Waals surface area contributed by atoms with Crippen LogP contribution in [0.2, 0.25) is 18.1 Å². The summed E-state index contributed by atoms with van der Waals surface area (Å²) in [6.45, 7) is 25.3. The van der Waals surface area contributed by atoms with E-state index in [9.17, 15) is 5.11 Å². The Morgan fingerprint density at radius 2 is 1.73 bits per heavy atom. The number of aliphatic hydroxyl groups excluding tert-OH is 1. The van der Waals surface area contributed by atoms with E-state index in [1.54, 1.807) is 0 Å². The third-order valence-corrected chi connectivity index (χ3v) is 14.0. The van der Waals surface area contributed by atoms with Gasteiger partial charge in [0.05, 0.1) is 5.76 Å². The molecule has 0 unspecified atom stereocenters. The van der Waals surface area contributed by atoms with Crippen molar-refractivity contribution in [1.29, 1.82) is 0 Å². The Morgan fingerprint density at radius 1 is 1.07 bits per heavy atom. The third-order valence-electron chi connectivity index (χ3n) is 9.62. The molecule has 1 heterocycles. The SMILES string of the molecule is CC(C)Cc1ccc([C@@H](O)c2c(C(C)C)nc3c(c2[C@@H]2CCC=C2O[Si](C)(C)C(C)(C)C)CCC(C)(C)C3)cc1. The van der Waals surface area contributed by atoms with Gasteiger partial charge in [-0.2, -0.15) is 0 Å². The van der Waals surface area contributed by atoms with Gasteiger partial charge in [-0.15, -0.1) is 0 Å². The van der Waals surface area contributed by atoms with E-state index in [4.69, 9.17) is 9.41 Å². The van der Waals surface area contributed by atoms with E-state index in [2.05, 4.69) is 106 Å². The van der Waals surface area contributed by atoms with Gasteiger partial charge in [-0.1, -0.05) is 86.6 Å². The second kappa shape index (κ2) is 11.4. The average molecular weight is 562 g/mol. The van der Waals surface area contributed by atoms with E-state index >= 15 is 0 Å². The summed E-state index contributed by atoms with van der Waals surface area (Å²) in [5, 5.41) is 12.3. The molecule has 0 spiro atoms. The van der Waals surface area contributed by atoms with Crippen molar-refractivity contribution in [1.82, 2.24) is 4.98 Å². The van der Waals surface area contributed by atoms with Crippen LogP contribution in [0, 0.1) is 11.3 Å². The average Bonchev–Trinajstić information content (AvgIpc) is 3.28. The van der Waals surface area contributed by atoms with Crippen molar-refractivity contribution in [2.24, 2.45) is 11.3 Å². The molecule has 0 fully saturated rings. The fourth-order valence-electron chi connectivity index (χ4n) is 6.28. The van der Waals surface area contributed by atoms with Gasteiger partial charge in [-0.25, -0.2) is 0 Å². The van der Waals surface area contributed by atoms with Crippen LogP contribution in [0.15, 0.2) is 36.1 Å². The summed E-state index contributed by atoms with van der Waals surface area (Å²) in [6.07, 6.45) is 7.89. The van der Waals surface area contributed by atoms with Gasteiger partial charge in [-0.05, 0) is 102 Å². The highest BCUT2D eigenvalue weighted by atomic mass is 28.4. The Balaban J connectivity index is 1.89. The quantitative estimate of drug-likeness (QED) is 0.326. The Morgan fingerprint density at radius 3 is 2.30 bits per heavy atom. The molecule has 4 rings (SSSR count). The van der Waals surface area contributed by atoms with Crippen LogP contribution in [0.25, 0.3) is 0 Å². The molecule has 3 nitrogen and oxygen atoms in total. The van der Waals surface area contributed by atoms with Gasteiger partial charge in [0.25, 0.3) is 0 Å². The number of pyridine rings is 1. The van der Waals surface area contributed by atoms with E-state index in [0.717, 1.165) is 61.1 Å². The lowest BCUT2D eigenvalue weighted by Gasteiger charge is -2.40. The first-order chi connectivity index (χ1) is 18.5. The highest BCUT2D eigenvalue weighted by Gasteiger charge is 2.43. The lowest BCUT2D eigenvalue weighted by Crippen LogP contribution is -2.41. The molecule has 220 valence electrons. The highest BCUT2D eigenvalue weighted by Crippen LogP contribution is 2.50. The molecule has 2 aromatic rings. The molecule has 40 heavy (non-hydrogen) atoms. The van der Waals surface area contributed by atoms with Crippen LogP contribution in [-0.2, 0) is 23.7 Å². The van der Waals surface area contributed by atoms with E-state index in [1.165, 1.54) is 22.4 Å². The molecule has 0 radical (unpaired) electrons. The van der Waals surface area contributed by atoms with Gasteiger partial charge in [0.15, 0.2) is 0 Å². The van der Waals surface area contributed by atoms with Gasteiger partial charge in [0, 0.05) is 22.9 Å². The first-order valence-corrected chi connectivity index (χ1v) is 18.6. The molecule has 2 aliphatic carbocycles. The summed E-state index contributed by atoms with van der Waals surface area (Å²) in [7, 11) is -2.01. The van der Waals surface area contributed by atoms with Gasteiger partial charge in [0.2, 0.25) is 8.32 Å². The number of benzene rings is 1. The van der Waals surface area contributed by atoms with Crippen LogP contribution >= 0.6 is 0 Å². The maximum atomic E-state index is 12.2. The van der Waals surface area contributed by atoms with Crippen molar-refractivity contribution in [3.63, 3.8) is 0 Å². The standard InChI is InChI=1S/C36H55NO2Si/c1-23(2)21-25-15-17-26(18-16-25)34(38)32-31(28-13-12-14-30(28)39-40(10,11)35(5,6)7)27-19-20-36(8,9)22-29(27)37-33(32)24(3)4/h14-18,23-24,28,34,38H,12-13,19-22H2,1-11H3/t28-,34-/m1/s1. The topological polar surface area (TPSA) is 42.4 Å².